The Labute approximate surface area is 129 Å². The van der Waals surface area contributed by atoms with E-state index in [0.29, 0.717) is 0 Å². The molecule has 0 aromatic rings. The van der Waals surface area contributed by atoms with E-state index in [2.05, 4.69) is 5.32 Å². The largest absolute Gasteiger partial charge is 0.466 e. The Bertz CT molecular complexity index is 410. The average molecular weight is 316 g/mol. The van der Waals surface area contributed by atoms with Crippen LogP contribution in [0.4, 0.5) is 0 Å². The number of rotatable bonds is 10. The molecule has 0 heterocycles. The van der Waals surface area contributed by atoms with Gasteiger partial charge in [0.05, 0.1) is 25.6 Å². The third kappa shape index (κ3) is 8.23. The SMILES string of the molecule is CCOC(=O)CCC(=O)N[C@H](C[C@@H](C)C(=O)OCC)C(N)=O. The molecular weight excluding hydrogens is 292 g/mol. The lowest BCUT2D eigenvalue weighted by molar-refractivity contribution is -0.148. The third-order valence-corrected chi connectivity index (χ3v) is 2.82. The van der Waals surface area contributed by atoms with Crippen LogP contribution in [0.25, 0.3) is 0 Å². The molecule has 0 fully saturated rings. The second kappa shape index (κ2) is 10.6. The topological polar surface area (TPSA) is 125 Å². The minimum Gasteiger partial charge on any atom is -0.466 e. The van der Waals surface area contributed by atoms with E-state index in [-0.39, 0.29) is 32.5 Å². The van der Waals surface area contributed by atoms with Gasteiger partial charge in [-0.15, -0.1) is 0 Å². The molecule has 126 valence electrons. The fourth-order valence-corrected chi connectivity index (χ4v) is 1.70. The van der Waals surface area contributed by atoms with Gasteiger partial charge in [0.1, 0.15) is 6.04 Å². The van der Waals surface area contributed by atoms with E-state index in [4.69, 9.17) is 15.2 Å². The van der Waals surface area contributed by atoms with E-state index < -0.39 is 35.7 Å². The van der Waals surface area contributed by atoms with Gasteiger partial charge in [-0.1, -0.05) is 6.92 Å². The van der Waals surface area contributed by atoms with Crippen molar-refractivity contribution in [1.29, 1.82) is 0 Å². The van der Waals surface area contributed by atoms with Gasteiger partial charge in [-0.2, -0.15) is 0 Å². The van der Waals surface area contributed by atoms with Gasteiger partial charge in [-0.3, -0.25) is 19.2 Å². The van der Waals surface area contributed by atoms with Crippen LogP contribution in [-0.4, -0.2) is 43.0 Å². The Morgan fingerprint density at radius 1 is 1.05 bits per heavy atom. The Morgan fingerprint density at radius 3 is 2.14 bits per heavy atom. The number of hydrogen-bond donors (Lipinski definition) is 2. The van der Waals surface area contributed by atoms with Gasteiger partial charge in [-0.25, -0.2) is 0 Å². The number of amides is 2. The maximum Gasteiger partial charge on any atom is 0.308 e. The van der Waals surface area contributed by atoms with Gasteiger partial charge in [0.25, 0.3) is 0 Å². The molecule has 8 heteroatoms. The quantitative estimate of drug-likeness (QED) is 0.542. The van der Waals surface area contributed by atoms with Crippen molar-refractivity contribution in [3.8, 4) is 0 Å². The number of nitrogens with two attached hydrogens (primary N) is 1. The highest BCUT2D eigenvalue weighted by atomic mass is 16.5. The Balaban J connectivity index is 4.40. The minimum absolute atomic E-state index is 0.0410. The number of hydrogen-bond acceptors (Lipinski definition) is 6. The van der Waals surface area contributed by atoms with Crippen LogP contribution in [0.1, 0.15) is 40.0 Å². The van der Waals surface area contributed by atoms with E-state index in [1.54, 1.807) is 20.8 Å². The number of carbonyl (C=O) groups is 4. The second-order valence-electron chi connectivity index (χ2n) is 4.72. The van der Waals surface area contributed by atoms with Crippen LogP contribution in [0, 0.1) is 5.92 Å². The molecule has 2 amide bonds. The van der Waals surface area contributed by atoms with Gasteiger partial charge in [0.15, 0.2) is 0 Å². The van der Waals surface area contributed by atoms with Gasteiger partial charge in [-0.05, 0) is 20.3 Å². The lowest BCUT2D eigenvalue weighted by atomic mass is 10.0. The zero-order valence-corrected chi connectivity index (χ0v) is 13.2. The molecule has 0 saturated heterocycles. The van der Waals surface area contributed by atoms with E-state index in [1.165, 1.54) is 0 Å². The molecule has 2 atom stereocenters. The lowest BCUT2D eigenvalue weighted by Gasteiger charge is -2.18. The van der Waals surface area contributed by atoms with Crippen molar-refractivity contribution in [1.82, 2.24) is 5.32 Å². The molecule has 0 aliphatic carbocycles. The molecule has 22 heavy (non-hydrogen) atoms. The molecule has 3 N–H and O–H groups in total. The average Bonchev–Trinajstić information content (AvgIpc) is 2.44. The summed E-state index contributed by atoms with van der Waals surface area (Å²) in [5.74, 6) is -2.79. The molecule has 0 aliphatic rings. The molecule has 0 radical (unpaired) electrons. The van der Waals surface area contributed by atoms with Crippen LogP contribution >= 0.6 is 0 Å². The summed E-state index contributed by atoms with van der Waals surface area (Å²) in [4.78, 5) is 45.7. The minimum atomic E-state index is -0.992. The molecule has 0 aromatic heterocycles. The zero-order chi connectivity index (χ0) is 17.1. The molecule has 0 spiro atoms. The van der Waals surface area contributed by atoms with Gasteiger partial charge in [0, 0.05) is 6.42 Å². The number of esters is 2. The molecule has 0 unspecified atom stereocenters. The number of ether oxygens (including phenoxy) is 2. The summed E-state index contributed by atoms with van der Waals surface area (Å²) < 4.78 is 9.53. The van der Waals surface area contributed by atoms with Crippen LogP contribution in [0.2, 0.25) is 0 Å². The maximum atomic E-state index is 11.7. The first-order valence-electron chi connectivity index (χ1n) is 7.22. The fourth-order valence-electron chi connectivity index (χ4n) is 1.70. The molecule has 8 nitrogen and oxygen atoms in total. The van der Waals surface area contributed by atoms with Crippen molar-refractivity contribution >= 4 is 23.8 Å². The van der Waals surface area contributed by atoms with Crippen molar-refractivity contribution in [3.05, 3.63) is 0 Å². The molecule has 0 aliphatic heterocycles. The van der Waals surface area contributed by atoms with E-state index >= 15 is 0 Å². The van der Waals surface area contributed by atoms with Gasteiger partial charge >= 0.3 is 11.9 Å². The van der Waals surface area contributed by atoms with Crippen LogP contribution in [-0.2, 0) is 28.7 Å². The van der Waals surface area contributed by atoms with E-state index in [1.807, 2.05) is 0 Å². The molecular formula is C14H24N2O6. The number of nitrogens with one attached hydrogen (secondary N) is 1. The molecule has 0 saturated carbocycles. The summed E-state index contributed by atoms with van der Waals surface area (Å²) >= 11 is 0. The van der Waals surface area contributed by atoms with Crippen LogP contribution in [0.15, 0.2) is 0 Å². The highest BCUT2D eigenvalue weighted by Crippen LogP contribution is 2.09. The first kappa shape index (κ1) is 19.9. The highest BCUT2D eigenvalue weighted by molar-refractivity contribution is 5.88. The molecule has 0 rings (SSSR count). The fraction of sp³-hybridized carbons (Fsp3) is 0.714. The summed E-state index contributed by atoms with van der Waals surface area (Å²) in [6, 6.07) is -0.992. The van der Waals surface area contributed by atoms with Crippen molar-refractivity contribution < 1.29 is 28.7 Å². The van der Waals surface area contributed by atoms with Crippen molar-refractivity contribution in [2.75, 3.05) is 13.2 Å². The van der Waals surface area contributed by atoms with Crippen molar-refractivity contribution in [2.24, 2.45) is 11.7 Å². The summed E-state index contributed by atoms with van der Waals surface area (Å²) in [6.07, 6.45) is -0.158. The molecule has 0 bridgehead atoms. The Hall–Kier alpha value is -2.12. The van der Waals surface area contributed by atoms with E-state index in [9.17, 15) is 19.2 Å². The van der Waals surface area contributed by atoms with Crippen molar-refractivity contribution in [2.45, 2.75) is 46.1 Å². The summed E-state index contributed by atoms with van der Waals surface area (Å²) in [7, 11) is 0. The molecule has 0 aromatic carbocycles. The highest BCUT2D eigenvalue weighted by Gasteiger charge is 2.25. The van der Waals surface area contributed by atoms with Gasteiger partial charge in [0.2, 0.25) is 11.8 Å². The predicted octanol–water partition coefficient (Wildman–Crippen LogP) is -0.111. The van der Waals surface area contributed by atoms with Crippen LogP contribution in [0.5, 0.6) is 0 Å². The monoisotopic (exact) mass is 316 g/mol. The lowest BCUT2D eigenvalue weighted by Crippen LogP contribution is -2.46. The number of carbonyl (C=O) groups excluding carboxylic acids is 4. The first-order valence-corrected chi connectivity index (χ1v) is 7.22. The van der Waals surface area contributed by atoms with E-state index in [0.717, 1.165) is 0 Å². The Morgan fingerprint density at radius 2 is 1.64 bits per heavy atom. The van der Waals surface area contributed by atoms with Crippen molar-refractivity contribution in [3.63, 3.8) is 0 Å². The van der Waals surface area contributed by atoms with Gasteiger partial charge < -0.3 is 20.5 Å². The van der Waals surface area contributed by atoms with Crippen LogP contribution < -0.4 is 11.1 Å². The van der Waals surface area contributed by atoms with Crippen LogP contribution in [0.3, 0.4) is 0 Å². The number of primary amides is 1. The smallest absolute Gasteiger partial charge is 0.308 e. The Kier molecular flexibility index (Phi) is 9.56. The normalized spacial score (nSPS) is 12.9. The summed E-state index contributed by atoms with van der Waals surface area (Å²) in [5, 5.41) is 2.41. The third-order valence-electron chi connectivity index (χ3n) is 2.82. The second-order valence-corrected chi connectivity index (χ2v) is 4.72. The maximum absolute atomic E-state index is 11.7. The zero-order valence-electron chi connectivity index (χ0n) is 13.2. The summed E-state index contributed by atoms with van der Waals surface area (Å²) in [6.45, 7) is 5.39. The summed E-state index contributed by atoms with van der Waals surface area (Å²) in [5.41, 5.74) is 5.21. The predicted molar refractivity (Wildman–Crippen MR) is 77.4 cm³/mol. The first-order chi connectivity index (χ1) is 10.3. The standard InChI is InChI=1S/C14H24N2O6/c1-4-21-12(18)7-6-11(17)16-10(13(15)19)8-9(3)14(20)22-5-2/h9-10H,4-8H2,1-3H3,(H2,15,19)(H,16,17)/t9-,10-/m1/s1.